The second-order valence-corrected chi connectivity index (χ2v) is 11.1. The minimum absolute atomic E-state index is 0.00616. The van der Waals surface area contributed by atoms with Crippen LogP contribution in [0.15, 0.2) is 29.4 Å². The van der Waals surface area contributed by atoms with Gasteiger partial charge < -0.3 is 24.1 Å². The molecular weight excluding hydrogens is 516 g/mol. The molecule has 12 heteroatoms. The van der Waals surface area contributed by atoms with Crippen LogP contribution in [0.1, 0.15) is 57.8 Å². The number of methoxy groups -OCH3 is 2. The molecule has 0 spiro atoms. The number of hydrogen-bond acceptors (Lipinski definition) is 10. The smallest absolute Gasteiger partial charge is 0.348 e. The van der Waals surface area contributed by atoms with Crippen LogP contribution in [0.2, 0.25) is 0 Å². The maximum Gasteiger partial charge on any atom is 0.348 e. The molecule has 1 N–H and O–H groups in total. The van der Waals surface area contributed by atoms with Crippen LogP contribution in [0.3, 0.4) is 0 Å². The lowest BCUT2D eigenvalue weighted by Gasteiger charge is -2.19. The van der Waals surface area contributed by atoms with Gasteiger partial charge in [0.1, 0.15) is 22.2 Å². The van der Waals surface area contributed by atoms with Crippen molar-refractivity contribution in [1.82, 2.24) is 14.8 Å². The van der Waals surface area contributed by atoms with E-state index in [1.807, 2.05) is 24.3 Å². The molecule has 1 amide bonds. The van der Waals surface area contributed by atoms with Crippen LogP contribution in [-0.2, 0) is 33.3 Å². The number of thioether (sulfide) groups is 1. The van der Waals surface area contributed by atoms with E-state index in [1.165, 1.54) is 31.5 Å². The molecule has 10 nitrogen and oxygen atoms in total. The summed E-state index contributed by atoms with van der Waals surface area (Å²) in [6, 6.07) is 7.94. The number of aromatic nitrogens is 3. The molecule has 0 aliphatic rings. The second kappa shape index (κ2) is 11.8. The summed E-state index contributed by atoms with van der Waals surface area (Å²) in [6.45, 7) is 8.28. The van der Waals surface area contributed by atoms with Gasteiger partial charge >= 0.3 is 11.9 Å². The first-order chi connectivity index (χ1) is 17.5. The summed E-state index contributed by atoms with van der Waals surface area (Å²) in [5.74, 6) is -0.297. The SMILES string of the molecule is COC(=O)c1sc(NC(=O)CSc2nnc(COc3ccc(C(C)(C)C)cc3)n2C)c(C(=O)OC)c1C. The Morgan fingerprint density at radius 2 is 1.70 bits per heavy atom. The Balaban J connectivity index is 1.62. The lowest BCUT2D eigenvalue weighted by molar-refractivity contribution is -0.113. The van der Waals surface area contributed by atoms with Gasteiger partial charge in [-0.05, 0) is 35.6 Å². The zero-order valence-electron chi connectivity index (χ0n) is 21.8. The number of rotatable bonds is 9. The van der Waals surface area contributed by atoms with E-state index in [0.717, 1.165) is 17.1 Å². The number of benzene rings is 1. The van der Waals surface area contributed by atoms with E-state index < -0.39 is 11.9 Å². The Kier molecular flexibility index (Phi) is 8.98. The fraction of sp³-hybridized carbons (Fsp3) is 0.400. The number of amides is 1. The van der Waals surface area contributed by atoms with Crippen molar-refractivity contribution in [2.24, 2.45) is 7.05 Å². The zero-order valence-corrected chi connectivity index (χ0v) is 23.5. The van der Waals surface area contributed by atoms with Crippen LogP contribution < -0.4 is 10.1 Å². The standard InChI is InChI=1S/C25H30N4O6S2/c1-14-19(22(31)33-6)21(37-20(14)23(32)34-7)26-18(30)13-36-24-28-27-17(29(24)5)12-35-16-10-8-15(9-11-16)25(2,3)4/h8-11H,12-13H2,1-7H3,(H,26,30). The Morgan fingerprint density at radius 1 is 1.05 bits per heavy atom. The third-order valence-electron chi connectivity index (χ3n) is 5.51. The fourth-order valence-corrected chi connectivity index (χ4v) is 5.18. The molecule has 0 aliphatic carbocycles. The molecule has 37 heavy (non-hydrogen) atoms. The Bertz CT molecular complexity index is 1290. The maximum absolute atomic E-state index is 12.7. The molecule has 2 aromatic heterocycles. The lowest BCUT2D eigenvalue weighted by Crippen LogP contribution is -2.16. The number of ether oxygens (including phenoxy) is 3. The fourth-order valence-electron chi connectivity index (χ4n) is 3.33. The summed E-state index contributed by atoms with van der Waals surface area (Å²) in [4.78, 5) is 37.2. The van der Waals surface area contributed by atoms with Crippen molar-refractivity contribution in [3.8, 4) is 5.75 Å². The van der Waals surface area contributed by atoms with E-state index >= 15 is 0 Å². The van der Waals surface area contributed by atoms with Gasteiger partial charge in [-0.15, -0.1) is 21.5 Å². The van der Waals surface area contributed by atoms with Gasteiger partial charge in [-0.25, -0.2) is 9.59 Å². The monoisotopic (exact) mass is 546 g/mol. The number of anilines is 1. The van der Waals surface area contributed by atoms with E-state index in [-0.39, 0.29) is 39.1 Å². The number of nitrogens with one attached hydrogen (secondary N) is 1. The average molecular weight is 547 g/mol. The van der Waals surface area contributed by atoms with Gasteiger partial charge in [0.2, 0.25) is 5.91 Å². The van der Waals surface area contributed by atoms with Gasteiger partial charge in [0.25, 0.3) is 0 Å². The number of nitrogens with zero attached hydrogens (tertiary/aromatic N) is 3. The molecule has 0 saturated carbocycles. The highest BCUT2D eigenvalue weighted by Gasteiger charge is 2.27. The van der Waals surface area contributed by atoms with E-state index in [1.54, 1.807) is 18.5 Å². The largest absolute Gasteiger partial charge is 0.486 e. The van der Waals surface area contributed by atoms with Gasteiger partial charge in [-0.1, -0.05) is 44.7 Å². The zero-order chi connectivity index (χ0) is 27.3. The normalized spacial score (nSPS) is 11.2. The number of esters is 2. The minimum atomic E-state index is -0.655. The number of carbonyl (C=O) groups excluding carboxylic acids is 3. The van der Waals surface area contributed by atoms with Crippen LogP contribution in [-0.4, -0.2) is 52.6 Å². The summed E-state index contributed by atoms with van der Waals surface area (Å²) < 4.78 is 17.2. The molecule has 0 atom stereocenters. The molecule has 0 bridgehead atoms. The first-order valence-corrected chi connectivity index (χ1v) is 13.1. The van der Waals surface area contributed by atoms with Gasteiger partial charge in [-0.2, -0.15) is 0 Å². The Morgan fingerprint density at radius 3 is 2.30 bits per heavy atom. The highest BCUT2D eigenvalue weighted by Crippen LogP contribution is 2.34. The van der Waals surface area contributed by atoms with Crippen LogP contribution in [0, 0.1) is 6.92 Å². The molecule has 0 aliphatic heterocycles. The van der Waals surface area contributed by atoms with Crippen molar-refractivity contribution in [3.05, 3.63) is 51.7 Å². The molecule has 0 unspecified atom stereocenters. The van der Waals surface area contributed by atoms with Crippen molar-refractivity contribution >= 4 is 45.9 Å². The van der Waals surface area contributed by atoms with Crippen molar-refractivity contribution < 1.29 is 28.6 Å². The number of hydrogen-bond donors (Lipinski definition) is 1. The summed E-state index contributed by atoms with van der Waals surface area (Å²) >= 11 is 2.14. The highest BCUT2D eigenvalue weighted by molar-refractivity contribution is 7.99. The average Bonchev–Trinajstić information content (AvgIpc) is 3.38. The predicted molar refractivity (Wildman–Crippen MR) is 142 cm³/mol. The van der Waals surface area contributed by atoms with Crippen LogP contribution >= 0.6 is 23.1 Å². The van der Waals surface area contributed by atoms with E-state index in [9.17, 15) is 14.4 Å². The molecule has 198 valence electrons. The molecule has 2 heterocycles. The Labute approximate surface area is 223 Å². The number of thiophene rings is 1. The topological polar surface area (TPSA) is 122 Å². The third-order valence-corrected chi connectivity index (χ3v) is 7.71. The highest BCUT2D eigenvalue weighted by atomic mass is 32.2. The molecular formula is C25H30N4O6S2. The molecule has 0 saturated heterocycles. The second-order valence-electron chi connectivity index (χ2n) is 9.10. The Hall–Kier alpha value is -3.38. The van der Waals surface area contributed by atoms with Crippen LogP contribution in [0.4, 0.5) is 5.00 Å². The van der Waals surface area contributed by atoms with Crippen molar-refractivity contribution in [2.75, 3.05) is 25.3 Å². The van der Waals surface area contributed by atoms with E-state index in [0.29, 0.717) is 16.5 Å². The summed E-state index contributed by atoms with van der Waals surface area (Å²) in [6.07, 6.45) is 0. The molecule has 1 aromatic carbocycles. The van der Waals surface area contributed by atoms with E-state index in [4.69, 9.17) is 14.2 Å². The van der Waals surface area contributed by atoms with Crippen LogP contribution in [0.25, 0.3) is 0 Å². The van der Waals surface area contributed by atoms with Gasteiger partial charge in [0, 0.05) is 7.05 Å². The summed E-state index contributed by atoms with van der Waals surface area (Å²) in [5, 5.41) is 11.8. The van der Waals surface area contributed by atoms with Gasteiger partial charge in [-0.3, -0.25) is 4.79 Å². The van der Waals surface area contributed by atoms with Gasteiger partial charge in [0.05, 0.1) is 25.5 Å². The molecule has 0 radical (unpaired) electrons. The number of carbonyl (C=O) groups is 3. The van der Waals surface area contributed by atoms with E-state index in [2.05, 4.69) is 36.3 Å². The van der Waals surface area contributed by atoms with Crippen LogP contribution in [0.5, 0.6) is 5.75 Å². The first-order valence-electron chi connectivity index (χ1n) is 11.3. The third kappa shape index (κ3) is 6.69. The van der Waals surface area contributed by atoms with Crippen molar-refractivity contribution in [1.29, 1.82) is 0 Å². The summed E-state index contributed by atoms with van der Waals surface area (Å²) in [7, 11) is 4.27. The predicted octanol–water partition coefficient (Wildman–Crippen LogP) is 4.37. The quantitative estimate of drug-likeness (QED) is 0.308. The molecule has 0 fully saturated rings. The summed E-state index contributed by atoms with van der Waals surface area (Å²) in [5.41, 5.74) is 1.79. The first kappa shape index (κ1) is 28.2. The minimum Gasteiger partial charge on any atom is -0.486 e. The molecule has 3 rings (SSSR count). The van der Waals surface area contributed by atoms with Crippen molar-refractivity contribution in [3.63, 3.8) is 0 Å². The van der Waals surface area contributed by atoms with Crippen molar-refractivity contribution in [2.45, 2.75) is 44.9 Å². The molecule has 3 aromatic rings. The lowest BCUT2D eigenvalue weighted by atomic mass is 9.87. The maximum atomic E-state index is 12.7. The van der Waals surface area contributed by atoms with Gasteiger partial charge in [0.15, 0.2) is 11.0 Å².